The van der Waals surface area contributed by atoms with Crippen LogP contribution >= 0.6 is 0 Å². The third kappa shape index (κ3) is 3.36. The molecule has 21 heavy (non-hydrogen) atoms. The van der Waals surface area contributed by atoms with Gasteiger partial charge in [0.15, 0.2) is 0 Å². The lowest BCUT2D eigenvalue weighted by Crippen LogP contribution is -2.32. The van der Waals surface area contributed by atoms with Gasteiger partial charge in [-0.1, -0.05) is 13.0 Å². The Morgan fingerprint density at radius 3 is 2.81 bits per heavy atom. The summed E-state index contributed by atoms with van der Waals surface area (Å²) in [7, 11) is 0. The summed E-state index contributed by atoms with van der Waals surface area (Å²) in [4.78, 5) is 14.2. The van der Waals surface area contributed by atoms with Gasteiger partial charge in [-0.3, -0.25) is 4.79 Å². The molecule has 0 fully saturated rings. The minimum atomic E-state index is -0.246. The van der Waals surface area contributed by atoms with Crippen molar-refractivity contribution in [2.24, 2.45) is 0 Å². The van der Waals surface area contributed by atoms with Crippen molar-refractivity contribution in [2.75, 3.05) is 29.9 Å². The Hall–Kier alpha value is -1.59. The molecule has 1 aliphatic rings. The highest BCUT2D eigenvalue weighted by molar-refractivity contribution is 6.03. The second-order valence-corrected chi connectivity index (χ2v) is 5.62. The van der Waals surface area contributed by atoms with Gasteiger partial charge in [0.2, 0.25) is 5.91 Å². The summed E-state index contributed by atoms with van der Waals surface area (Å²) in [6.45, 7) is 8.00. The Morgan fingerprint density at radius 1 is 1.43 bits per heavy atom. The van der Waals surface area contributed by atoms with E-state index in [1.54, 1.807) is 0 Å². The molecule has 1 heterocycles. The van der Waals surface area contributed by atoms with Gasteiger partial charge >= 0.3 is 0 Å². The Kier molecular flexibility index (Phi) is 5.20. The molecule has 0 saturated heterocycles. The maximum absolute atomic E-state index is 12.0. The minimum Gasteiger partial charge on any atom is -0.396 e. The first-order valence-electron chi connectivity index (χ1n) is 7.64. The van der Waals surface area contributed by atoms with Crippen LogP contribution in [0.15, 0.2) is 18.2 Å². The minimum absolute atomic E-state index is 0.00968. The third-order valence-electron chi connectivity index (χ3n) is 3.79. The summed E-state index contributed by atoms with van der Waals surface area (Å²) in [5.41, 5.74) is 2.98. The third-order valence-corrected chi connectivity index (χ3v) is 3.79. The second kappa shape index (κ2) is 6.91. The molecule has 1 atom stereocenters. The van der Waals surface area contributed by atoms with Gasteiger partial charge in [-0.2, -0.15) is 0 Å². The van der Waals surface area contributed by atoms with Crippen LogP contribution in [-0.4, -0.2) is 36.8 Å². The highest BCUT2D eigenvalue weighted by Crippen LogP contribution is 2.34. The number of rotatable bonds is 7. The summed E-state index contributed by atoms with van der Waals surface area (Å²) in [5.74, 6) is 0.00968. The molecule has 2 rings (SSSR count). The summed E-state index contributed by atoms with van der Waals surface area (Å²) in [6, 6.07) is 6.20. The van der Waals surface area contributed by atoms with Crippen molar-refractivity contribution in [2.45, 2.75) is 39.3 Å². The van der Waals surface area contributed by atoms with Crippen molar-refractivity contribution in [3.05, 3.63) is 23.8 Å². The number of likely N-dealkylation sites (N-methyl/N-ethyl adjacent to an activating group) is 1. The molecule has 0 spiro atoms. The van der Waals surface area contributed by atoms with Gasteiger partial charge in [0.25, 0.3) is 0 Å². The van der Waals surface area contributed by atoms with Crippen LogP contribution in [0.1, 0.15) is 38.8 Å². The van der Waals surface area contributed by atoms with Gasteiger partial charge < -0.3 is 20.6 Å². The van der Waals surface area contributed by atoms with Gasteiger partial charge in [0, 0.05) is 36.1 Å². The molecule has 5 heteroatoms. The number of hydrogen-bond donors (Lipinski definition) is 3. The fraction of sp³-hybridized carbons (Fsp3) is 0.562. The highest BCUT2D eigenvalue weighted by Gasteiger charge is 2.30. The van der Waals surface area contributed by atoms with Gasteiger partial charge in [-0.05, 0) is 38.9 Å². The van der Waals surface area contributed by atoms with Gasteiger partial charge in [0.1, 0.15) is 6.04 Å². The molecule has 0 aliphatic carbocycles. The maximum Gasteiger partial charge on any atom is 0.246 e. The molecular weight excluding hydrogens is 266 g/mol. The van der Waals surface area contributed by atoms with E-state index in [1.165, 1.54) is 0 Å². The van der Waals surface area contributed by atoms with E-state index in [-0.39, 0.29) is 18.6 Å². The fourth-order valence-corrected chi connectivity index (χ4v) is 2.76. The van der Waals surface area contributed by atoms with Crippen LogP contribution in [0.5, 0.6) is 0 Å². The molecule has 1 unspecified atom stereocenters. The van der Waals surface area contributed by atoms with Gasteiger partial charge in [-0.15, -0.1) is 0 Å². The zero-order valence-electron chi connectivity index (χ0n) is 13.0. The SMILES string of the molecule is CCNC1C(=O)Nc2cc(N(CCCO)C(C)C)ccc21. The number of benzene rings is 1. The van der Waals surface area contributed by atoms with Crippen LogP contribution < -0.4 is 15.5 Å². The van der Waals surface area contributed by atoms with Crippen LogP contribution in [0.2, 0.25) is 0 Å². The number of amides is 1. The van der Waals surface area contributed by atoms with Crippen LogP contribution in [0.3, 0.4) is 0 Å². The first-order valence-corrected chi connectivity index (χ1v) is 7.64. The number of nitrogens with one attached hydrogen (secondary N) is 2. The number of aliphatic hydroxyl groups is 1. The van der Waals surface area contributed by atoms with E-state index in [0.29, 0.717) is 6.04 Å². The normalized spacial score (nSPS) is 17.0. The van der Waals surface area contributed by atoms with Crippen molar-refractivity contribution >= 4 is 17.3 Å². The number of aliphatic hydroxyl groups excluding tert-OH is 1. The van der Waals surface area contributed by atoms with Crippen molar-refractivity contribution < 1.29 is 9.90 Å². The first kappa shape index (κ1) is 15.8. The van der Waals surface area contributed by atoms with E-state index in [4.69, 9.17) is 5.11 Å². The zero-order chi connectivity index (χ0) is 15.4. The number of fused-ring (bicyclic) bond motifs is 1. The predicted octanol–water partition coefficient (Wildman–Crippen LogP) is 1.89. The molecule has 1 aromatic rings. The quantitative estimate of drug-likeness (QED) is 0.718. The average molecular weight is 291 g/mol. The van der Waals surface area contributed by atoms with E-state index in [9.17, 15) is 4.79 Å². The molecule has 3 N–H and O–H groups in total. The Balaban J connectivity index is 2.25. The molecule has 1 aromatic carbocycles. The van der Waals surface area contributed by atoms with E-state index < -0.39 is 0 Å². The smallest absolute Gasteiger partial charge is 0.246 e. The number of nitrogens with zero attached hydrogens (tertiary/aromatic N) is 1. The van der Waals surface area contributed by atoms with Crippen LogP contribution in [0.25, 0.3) is 0 Å². The number of carbonyl (C=O) groups excluding carboxylic acids is 1. The van der Waals surface area contributed by atoms with Gasteiger partial charge in [-0.25, -0.2) is 0 Å². The number of carbonyl (C=O) groups is 1. The van der Waals surface area contributed by atoms with E-state index in [0.717, 1.165) is 36.4 Å². The summed E-state index contributed by atoms with van der Waals surface area (Å²) >= 11 is 0. The van der Waals surface area contributed by atoms with Crippen LogP contribution in [-0.2, 0) is 4.79 Å². The van der Waals surface area contributed by atoms with Crippen molar-refractivity contribution in [1.82, 2.24) is 5.32 Å². The molecule has 0 saturated carbocycles. The lowest BCUT2D eigenvalue weighted by atomic mass is 10.1. The molecular formula is C16H25N3O2. The Labute approximate surface area is 126 Å². The summed E-state index contributed by atoms with van der Waals surface area (Å²) < 4.78 is 0. The zero-order valence-corrected chi connectivity index (χ0v) is 13.0. The second-order valence-electron chi connectivity index (χ2n) is 5.62. The topological polar surface area (TPSA) is 64.6 Å². The van der Waals surface area contributed by atoms with E-state index in [1.807, 2.05) is 19.1 Å². The Bertz CT molecular complexity index is 502. The lowest BCUT2D eigenvalue weighted by molar-refractivity contribution is -0.117. The van der Waals surface area contributed by atoms with Crippen molar-refractivity contribution in [3.63, 3.8) is 0 Å². The molecule has 1 aliphatic heterocycles. The number of hydrogen-bond acceptors (Lipinski definition) is 4. The lowest BCUT2D eigenvalue weighted by Gasteiger charge is -2.29. The molecule has 116 valence electrons. The number of anilines is 2. The Morgan fingerprint density at radius 2 is 2.19 bits per heavy atom. The first-order chi connectivity index (χ1) is 10.1. The fourth-order valence-electron chi connectivity index (χ4n) is 2.76. The van der Waals surface area contributed by atoms with E-state index in [2.05, 4.69) is 35.4 Å². The van der Waals surface area contributed by atoms with Gasteiger partial charge in [0.05, 0.1) is 0 Å². The average Bonchev–Trinajstić information content (AvgIpc) is 2.75. The molecule has 0 aromatic heterocycles. The summed E-state index contributed by atoms with van der Waals surface area (Å²) in [6.07, 6.45) is 0.738. The highest BCUT2D eigenvalue weighted by atomic mass is 16.3. The largest absolute Gasteiger partial charge is 0.396 e. The van der Waals surface area contributed by atoms with Crippen molar-refractivity contribution in [1.29, 1.82) is 0 Å². The van der Waals surface area contributed by atoms with Crippen molar-refractivity contribution in [3.8, 4) is 0 Å². The van der Waals surface area contributed by atoms with Crippen LogP contribution in [0, 0.1) is 0 Å². The summed E-state index contributed by atoms with van der Waals surface area (Å²) in [5, 5.41) is 15.2. The standard InChI is InChI=1S/C16H25N3O2/c1-4-17-15-13-7-6-12(10-14(13)18-16(15)21)19(11(2)3)8-5-9-20/h6-7,10-11,15,17,20H,4-5,8-9H2,1-3H3,(H,18,21). The molecule has 1 amide bonds. The maximum atomic E-state index is 12.0. The van der Waals surface area contributed by atoms with Crippen LogP contribution in [0.4, 0.5) is 11.4 Å². The van der Waals surface area contributed by atoms with E-state index >= 15 is 0 Å². The molecule has 0 bridgehead atoms. The monoisotopic (exact) mass is 291 g/mol. The molecule has 5 nitrogen and oxygen atoms in total. The molecule has 0 radical (unpaired) electrons. The predicted molar refractivity (Wildman–Crippen MR) is 85.7 cm³/mol.